The minimum Gasteiger partial charge on any atom is -0.0936 e. The summed E-state index contributed by atoms with van der Waals surface area (Å²) in [6, 6.07) is 29.8. The van der Waals surface area contributed by atoms with Crippen molar-refractivity contribution in [3.63, 3.8) is 0 Å². The Kier molecular flexibility index (Phi) is 3.06. The van der Waals surface area contributed by atoms with Gasteiger partial charge in [-0.05, 0) is 33.4 Å². The lowest BCUT2D eigenvalue weighted by molar-refractivity contribution is 0.772. The van der Waals surface area contributed by atoms with E-state index in [1.165, 1.54) is 22.3 Å². The van der Waals surface area contributed by atoms with E-state index in [1.807, 2.05) is 0 Å². The largest absolute Gasteiger partial charge is 0.0936 e. The molecule has 0 unspecified atom stereocenters. The number of rotatable bonds is 2. The second-order valence-electron chi connectivity index (χ2n) is 5.98. The summed E-state index contributed by atoms with van der Waals surface area (Å²) in [5, 5.41) is 0. The normalized spacial score (nSPS) is 15.5. The van der Waals surface area contributed by atoms with E-state index in [2.05, 4.69) is 98.1 Å². The van der Waals surface area contributed by atoms with E-state index in [1.54, 1.807) is 0 Å². The van der Waals surface area contributed by atoms with Crippen LogP contribution < -0.4 is 0 Å². The van der Waals surface area contributed by atoms with Gasteiger partial charge in [0.05, 0.1) is 5.41 Å². The molecule has 1 aliphatic carbocycles. The summed E-state index contributed by atoms with van der Waals surface area (Å²) in [4.78, 5) is 0. The molecule has 0 saturated heterocycles. The van der Waals surface area contributed by atoms with E-state index in [-0.39, 0.29) is 5.41 Å². The molecule has 0 N–H and O–H groups in total. The Morgan fingerprint density at radius 3 is 1.61 bits per heavy atom. The van der Waals surface area contributed by atoms with Crippen LogP contribution in [0, 0.1) is 0 Å². The van der Waals surface area contributed by atoms with Crippen molar-refractivity contribution in [1.29, 1.82) is 0 Å². The van der Waals surface area contributed by atoms with Gasteiger partial charge in [0.15, 0.2) is 0 Å². The Morgan fingerprint density at radius 2 is 1.04 bits per heavy atom. The molecule has 0 aromatic heterocycles. The summed E-state index contributed by atoms with van der Waals surface area (Å²) in [6.07, 6.45) is 0. The van der Waals surface area contributed by atoms with Crippen molar-refractivity contribution in [2.45, 2.75) is 5.41 Å². The minimum atomic E-state index is -0.351. The lowest BCUT2D eigenvalue weighted by atomic mass is 9.68. The first kappa shape index (κ1) is 13.8. The zero-order chi connectivity index (χ0) is 15.9. The molecule has 3 aromatic carbocycles. The quantitative estimate of drug-likeness (QED) is 0.577. The van der Waals surface area contributed by atoms with Gasteiger partial charge in [0.1, 0.15) is 0 Å². The van der Waals surface area contributed by atoms with E-state index in [4.69, 9.17) is 0 Å². The Hall–Kier alpha value is -2.86. The summed E-state index contributed by atoms with van der Waals surface area (Å²) in [5.74, 6) is 0. The van der Waals surface area contributed by atoms with Gasteiger partial charge in [-0.15, -0.1) is 0 Å². The average Bonchev–Trinajstić information content (AvgIpc) is 2.86. The lowest BCUT2D eigenvalue weighted by Gasteiger charge is -2.33. The standard InChI is InChI=1S/C23H18/c1-17-18(2)23(19-11-5-3-6-12-19,20-13-7-4-8-14-20)22-16-10-9-15-21(17)22/h3-16H,1-2H2. The molecule has 3 aromatic rings. The van der Waals surface area contributed by atoms with Crippen LogP contribution in [-0.2, 0) is 5.41 Å². The molecular weight excluding hydrogens is 276 g/mol. The molecule has 0 spiro atoms. The third-order valence-electron chi connectivity index (χ3n) is 4.89. The van der Waals surface area contributed by atoms with Crippen molar-refractivity contribution in [2.24, 2.45) is 0 Å². The molecule has 0 nitrogen and oxygen atoms in total. The topological polar surface area (TPSA) is 0 Å². The zero-order valence-electron chi connectivity index (χ0n) is 13.0. The number of allylic oxidation sites excluding steroid dienone is 2. The van der Waals surface area contributed by atoms with Gasteiger partial charge in [-0.1, -0.05) is 98.1 Å². The molecule has 0 saturated carbocycles. The van der Waals surface area contributed by atoms with Gasteiger partial charge < -0.3 is 0 Å². The lowest BCUT2D eigenvalue weighted by Crippen LogP contribution is -2.28. The highest BCUT2D eigenvalue weighted by Gasteiger charge is 2.46. The van der Waals surface area contributed by atoms with Gasteiger partial charge in [0, 0.05) is 0 Å². The molecule has 0 bridgehead atoms. The third-order valence-corrected chi connectivity index (χ3v) is 4.89. The summed E-state index contributed by atoms with van der Waals surface area (Å²) in [7, 11) is 0. The molecule has 110 valence electrons. The number of fused-ring (bicyclic) bond motifs is 1. The van der Waals surface area contributed by atoms with E-state index in [0.717, 1.165) is 11.1 Å². The Balaban J connectivity index is 2.14. The molecule has 0 aliphatic heterocycles. The highest BCUT2D eigenvalue weighted by atomic mass is 14.5. The summed E-state index contributed by atoms with van der Waals surface area (Å²) in [5.41, 5.74) is 6.70. The van der Waals surface area contributed by atoms with E-state index >= 15 is 0 Å². The Bertz CT molecular complexity index is 846. The SMILES string of the molecule is C=C1C(=C)C(c2ccccc2)(c2ccccc2)c2ccccc21. The highest BCUT2D eigenvalue weighted by molar-refractivity contribution is 5.92. The maximum Gasteiger partial charge on any atom is 0.0707 e. The summed E-state index contributed by atoms with van der Waals surface area (Å²) >= 11 is 0. The molecule has 0 fully saturated rings. The maximum absolute atomic E-state index is 4.46. The van der Waals surface area contributed by atoms with Crippen molar-refractivity contribution in [3.8, 4) is 0 Å². The molecule has 0 amide bonds. The van der Waals surface area contributed by atoms with Crippen LogP contribution in [-0.4, -0.2) is 0 Å². The Morgan fingerprint density at radius 1 is 0.565 bits per heavy atom. The van der Waals surface area contributed by atoms with Crippen LogP contribution in [0.1, 0.15) is 22.3 Å². The maximum atomic E-state index is 4.46. The van der Waals surface area contributed by atoms with Crippen LogP contribution in [0.3, 0.4) is 0 Å². The first-order chi connectivity index (χ1) is 11.3. The molecule has 0 heterocycles. The number of hydrogen-bond acceptors (Lipinski definition) is 0. The first-order valence-electron chi connectivity index (χ1n) is 7.86. The number of hydrogen-bond donors (Lipinski definition) is 0. The second-order valence-corrected chi connectivity index (χ2v) is 5.98. The fourth-order valence-corrected chi connectivity index (χ4v) is 3.83. The van der Waals surface area contributed by atoms with Crippen molar-refractivity contribution >= 4 is 5.57 Å². The summed E-state index contributed by atoms with van der Waals surface area (Å²) < 4.78 is 0. The predicted octanol–water partition coefficient (Wildman–Crippen LogP) is 5.60. The molecule has 23 heavy (non-hydrogen) atoms. The number of benzene rings is 3. The van der Waals surface area contributed by atoms with Crippen LogP contribution in [0.15, 0.2) is 104 Å². The predicted molar refractivity (Wildman–Crippen MR) is 97.4 cm³/mol. The van der Waals surface area contributed by atoms with E-state index in [0.29, 0.717) is 0 Å². The van der Waals surface area contributed by atoms with E-state index in [9.17, 15) is 0 Å². The van der Waals surface area contributed by atoms with Crippen molar-refractivity contribution < 1.29 is 0 Å². The van der Waals surface area contributed by atoms with Gasteiger partial charge in [-0.3, -0.25) is 0 Å². The molecular formula is C23H18. The molecule has 1 aliphatic rings. The monoisotopic (exact) mass is 294 g/mol. The van der Waals surface area contributed by atoms with Gasteiger partial charge in [0.25, 0.3) is 0 Å². The highest BCUT2D eigenvalue weighted by Crippen LogP contribution is 2.55. The van der Waals surface area contributed by atoms with Gasteiger partial charge >= 0.3 is 0 Å². The van der Waals surface area contributed by atoms with Gasteiger partial charge in [-0.25, -0.2) is 0 Å². The van der Waals surface area contributed by atoms with Crippen LogP contribution in [0.5, 0.6) is 0 Å². The Labute approximate surface area is 137 Å². The fourth-order valence-electron chi connectivity index (χ4n) is 3.83. The summed E-state index contributed by atoms with van der Waals surface area (Å²) in [6.45, 7) is 8.78. The van der Waals surface area contributed by atoms with Crippen molar-refractivity contribution in [3.05, 3.63) is 126 Å². The minimum absolute atomic E-state index is 0.351. The second kappa shape index (κ2) is 5.10. The van der Waals surface area contributed by atoms with Crippen LogP contribution in [0.4, 0.5) is 0 Å². The van der Waals surface area contributed by atoms with Crippen LogP contribution in [0.25, 0.3) is 5.57 Å². The van der Waals surface area contributed by atoms with E-state index < -0.39 is 0 Å². The average molecular weight is 294 g/mol. The van der Waals surface area contributed by atoms with Crippen LogP contribution in [0.2, 0.25) is 0 Å². The third kappa shape index (κ3) is 1.78. The van der Waals surface area contributed by atoms with Crippen molar-refractivity contribution in [1.82, 2.24) is 0 Å². The fraction of sp³-hybridized carbons (Fsp3) is 0.0435. The first-order valence-corrected chi connectivity index (χ1v) is 7.86. The molecule has 4 rings (SSSR count). The zero-order valence-corrected chi connectivity index (χ0v) is 13.0. The van der Waals surface area contributed by atoms with Gasteiger partial charge in [0.2, 0.25) is 0 Å². The van der Waals surface area contributed by atoms with Gasteiger partial charge in [-0.2, -0.15) is 0 Å². The molecule has 0 atom stereocenters. The molecule has 0 heteroatoms. The van der Waals surface area contributed by atoms with Crippen molar-refractivity contribution in [2.75, 3.05) is 0 Å². The molecule has 0 radical (unpaired) electrons. The smallest absolute Gasteiger partial charge is 0.0707 e. The van der Waals surface area contributed by atoms with Crippen LogP contribution >= 0.6 is 0 Å².